The predicted octanol–water partition coefficient (Wildman–Crippen LogP) is 4.31. The van der Waals surface area contributed by atoms with Gasteiger partial charge in [0.15, 0.2) is 5.16 Å². The fourth-order valence-corrected chi connectivity index (χ4v) is 5.19. The first kappa shape index (κ1) is 20.3. The molecule has 2 fully saturated rings. The molecular weight excluding hydrogens is 382 g/mol. The molecule has 0 bridgehead atoms. The third-order valence-electron chi connectivity index (χ3n) is 5.82. The van der Waals surface area contributed by atoms with E-state index < -0.39 is 0 Å². The monoisotopic (exact) mass is 413 g/mol. The summed E-state index contributed by atoms with van der Waals surface area (Å²) in [5.74, 6) is 1.15. The maximum Gasteiger partial charge on any atom is 0.240 e. The summed E-state index contributed by atoms with van der Waals surface area (Å²) >= 11 is 1.56. The van der Waals surface area contributed by atoms with Crippen LogP contribution in [0.3, 0.4) is 0 Å². The summed E-state index contributed by atoms with van der Waals surface area (Å²) in [6, 6.07) is 10.6. The van der Waals surface area contributed by atoms with Gasteiger partial charge in [0, 0.05) is 32.2 Å². The van der Waals surface area contributed by atoms with Crippen LogP contribution in [0.4, 0.5) is 5.95 Å². The molecule has 1 atom stereocenters. The van der Waals surface area contributed by atoms with Gasteiger partial charge in [0.25, 0.3) is 0 Å². The van der Waals surface area contributed by atoms with Crippen LogP contribution in [0.2, 0.25) is 0 Å². The van der Waals surface area contributed by atoms with Crippen LogP contribution in [0.5, 0.6) is 0 Å². The van der Waals surface area contributed by atoms with E-state index in [4.69, 9.17) is 0 Å². The van der Waals surface area contributed by atoms with Crippen LogP contribution in [-0.2, 0) is 4.79 Å². The van der Waals surface area contributed by atoms with Crippen molar-refractivity contribution in [2.45, 2.75) is 62.4 Å². The van der Waals surface area contributed by atoms with Crippen molar-refractivity contribution in [1.29, 1.82) is 0 Å². The fraction of sp³-hybridized carbons (Fsp3) is 0.591. The topological polar surface area (TPSA) is 54.3 Å². The van der Waals surface area contributed by atoms with Gasteiger partial charge in [-0.1, -0.05) is 42.1 Å². The van der Waals surface area contributed by atoms with Gasteiger partial charge in [-0.3, -0.25) is 9.36 Å². The van der Waals surface area contributed by atoms with Gasteiger partial charge in [0.2, 0.25) is 11.9 Å². The molecule has 29 heavy (non-hydrogen) atoms. The van der Waals surface area contributed by atoms with Gasteiger partial charge >= 0.3 is 0 Å². The van der Waals surface area contributed by atoms with E-state index >= 15 is 0 Å². The summed E-state index contributed by atoms with van der Waals surface area (Å²) in [5.41, 5.74) is 1.03. The number of piperidine rings is 1. The summed E-state index contributed by atoms with van der Waals surface area (Å²) in [5, 5.41) is 9.74. The molecule has 0 spiro atoms. The predicted molar refractivity (Wildman–Crippen MR) is 117 cm³/mol. The quantitative estimate of drug-likeness (QED) is 0.604. The first-order chi connectivity index (χ1) is 14.2. The molecule has 1 aromatic carbocycles. The minimum absolute atomic E-state index is 0.149. The number of likely N-dealkylation sites (N-methyl/N-ethyl adjacent to an activating group) is 1. The molecule has 1 aliphatic heterocycles. The van der Waals surface area contributed by atoms with E-state index in [2.05, 4.69) is 19.7 Å². The van der Waals surface area contributed by atoms with Gasteiger partial charge in [-0.05, 0) is 51.5 Å². The number of hydrogen-bond acceptors (Lipinski definition) is 5. The number of anilines is 1. The minimum atomic E-state index is -0.299. The molecule has 6 nitrogen and oxygen atoms in total. The Labute approximate surface area is 177 Å². The van der Waals surface area contributed by atoms with Gasteiger partial charge in [0.1, 0.15) is 5.25 Å². The zero-order chi connectivity index (χ0) is 20.2. The number of hydrogen-bond donors (Lipinski definition) is 0. The molecule has 1 unspecified atom stereocenters. The Morgan fingerprint density at radius 2 is 1.79 bits per heavy atom. The van der Waals surface area contributed by atoms with Gasteiger partial charge in [-0.25, -0.2) is 0 Å². The molecule has 7 heteroatoms. The van der Waals surface area contributed by atoms with Crippen LogP contribution in [0, 0.1) is 0 Å². The molecule has 0 radical (unpaired) electrons. The fourth-order valence-electron chi connectivity index (χ4n) is 4.01. The van der Waals surface area contributed by atoms with Crippen LogP contribution >= 0.6 is 11.8 Å². The van der Waals surface area contributed by atoms with Crippen molar-refractivity contribution in [2.75, 3.05) is 31.1 Å². The van der Waals surface area contributed by atoms with Crippen molar-refractivity contribution in [3.05, 3.63) is 35.9 Å². The lowest BCUT2D eigenvalue weighted by atomic mass is 10.1. The summed E-state index contributed by atoms with van der Waals surface area (Å²) < 4.78 is 2.31. The van der Waals surface area contributed by atoms with Crippen molar-refractivity contribution in [3.8, 4) is 0 Å². The van der Waals surface area contributed by atoms with Crippen molar-refractivity contribution in [1.82, 2.24) is 19.7 Å². The lowest BCUT2D eigenvalue weighted by Crippen LogP contribution is -2.34. The number of amides is 1. The lowest BCUT2D eigenvalue weighted by Gasteiger charge is -2.28. The second kappa shape index (κ2) is 9.20. The van der Waals surface area contributed by atoms with E-state index in [1.165, 1.54) is 32.1 Å². The van der Waals surface area contributed by atoms with Crippen molar-refractivity contribution in [3.63, 3.8) is 0 Å². The van der Waals surface area contributed by atoms with E-state index in [0.717, 1.165) is 29.8 Å². The van der Waals surface area contributed by atoms with E-state index in [-0.39, 0.29) is 11.2 Å². The molecule has 2 aromatic rings. The summed E-state index contributed by atoms with van der Waals surface area (Å²) in [7, 11) is 0. The highest BCUT2D eigenvalue weighted by molar-refractivity contribution is 8.00. The van der Waals surface area contributed by atoms with Crippen LogP contribution in [0.15, 0.2) is 35.5 Å². The van der Waals surface area contributed by atoms with Crippen LogP contribution in [-0.4, -0.2) is 51.8 Å². The number of nitrogens with zero attached hydrogens (tertiary/aromatic N) is 5. The third-order valence-corrected chi connectivity index (χ3v) is 7.02. The maximum atomic E-state index is 13.4. The molecule has 2 heterocycles. The standard InChI is InChI=1S/C22H31N5OS/c1-3-25(4-2)20(28)19(17-11-7-5-8-12-17)29-22-24-23-21(27(22)18-13-14-18)26-15-9-6-10-16-26/h5,7-8,11-12,18-19H,3-4,6,9-10,13-16H2,1-2H3. The molecule has 1 aliphatic carbocycles. The smallest absolute Gasteiger partial charge is 0.240 e. The molecule has 1 saturated heterocycles. The summed E-state index contributed by atoms with van der Waals surface area (Å²) in [6.07, 6.45) is 6.07. The highest BCUT2D eigenvalue weighted by Gasteiger charge is 2.35. The number of carbonyl (C=O) groups excluding carboxylic acids is 1. The van der Waals surface area contributed by atoms with Crippen LogP contribution in [0.25, 0.3) is 0 Å². The average molecular weight is 414 g/mol. The molecule has 2 aliphatic rings. The second-order valence-electron chi connectivity index (χ2n) is 7.85. The van der Waals surface area contributed by atoms with Crippen LogP contribution < -0.4 is 4.90 Å². The highest BCUT2D eigenvalue weighted by atomic mass is 32.2. The van der Waals surface area contributed by atoms with Gasteiger partial charge in [-0.15, -0.1) is 10.2 Å². The summed E-state index contributed by atoms with van der Waals surface area (Å²) in [4.78, 5) is 17.6. The van der Waals surface area contributed by atoms with E-state index in [1.807, 2.05) is 49.1 Å². The first-order valence-electron chi connectivity index (χ1n) is 10.9. The lowest BCUT2D eigenvalue weighted by molar-refractivity contribution is -0.130. The van der Waals surface area contributed by atoms with E-state index in [0.29, 0.717) is 19.1 Å². The molecule has 4 rings (SSSR count). The second-order valence-corrected chi connectivity index (χ2v) is 8.92. The molecule has 156 valence electrons. The zero-order valence-electron chi connectivity index (χ0n) is 17.5. The number of aromatic nitrogens is 3. The Hall–Kier alpha value is -2.02. The summed E-state index contributed by atoms with van der Waals surface area (Å²) in [6.45, 7) is 7.61. The van der Waals surface area contributed by atoms with Crippen molar-refractivity contribution >= 4 is 23.6 Å². The van der Waals surface area contributed by atoms with Crippen molar-refractivity contribution in [2.24, 2.45) is 0 Å². The molecule has 1 amide bonds. The minimum Gasteiger partial charge on any atom is -0.342 e. The van der Waals surface area contributed by atoms with Crippen molar-refractivity contribution < 1.29 is 4.79 Å². The molecular formula is C22H31N5OS. The third kappa shape index (κ3) is 4.44. The Kier molecular flexibility index (Phi) is 6.43. The Morgan fingerprint density at radius 1 is 1.10 bits per heavy atom. The Bertz CT molecular complexity index is 810. The Balaban J connectivity index is 1.65. The number of thioether (sulfide) groups is 1. The number of benzene rings is 1. The SMILES string of the molecule is CCN(CC)C(=O)C(Sc1nnc(N2CCCCC2)n1C1CC1)c1ccccc1. The van der Waals surface area contributed by atoms with Gasteiger partial charge in [-0.2, -0.15) is 0 Å². The average Bonchev–Trinajstić information content (AvgIpc) is 3.53. The maximum absolute atomic E-state index is 13.4. The van der Waals surface area contributed by atoms with Gasteiger partial charge in [0.05, 0.1) is 0 Å². The largest absolute Gasteiger partial charge is 0.342 e. The normalized spacial score (nSPS) is 17.9. The number of carbonyl (C=O) groups is 1. The first-order valence-corrected chi connectivity index (χ1v) is 11.8. The van der Waals surface area contributed by atoms with E-state index in [1.54, 1.807) is 11.8 Å². The zero-order valence-corrected chi connectivity index (χ0v) is 18.3. The molecule has 0 N–H and O–H groups in total. The highest BCUT2D eigenvalue weighted by Crippen LogP contribution is 2.44. The van der Waals surface area contributed by atoms with Gasteiger partial charge < -0.3 is 9.80 Å². The number of rotatable bonds is 8. The molecule has 1 saturated carbocycles. The molecule has 1 aromatic heterocycles. The Morgan fingerprint density at radius 3 is 2.41 bits per heavy atom. The van der Waals surface area contributed by atoms with Crippen LogP contribution in [0.1, 0.15) is 62.8 Å². The van der Waals surface area contributed by atoms with E-state index in [9.17, 15) is 4.79 Å².